The first-order chi connectivity index (χ1) is 7.74. The van der Waals surface area contributed by atoms with Gasteiger partial charge in [0.15, 0.2) is 0 Å². The van der Waals surface area contributed by atoms with E-state index in [9.17, 15) is 0 Å². The summed E-state index contributed by atoms with van der Waals surface area (Å²) >= 11 is 9.85. The maximum Gasteiger partial charge on any atom is 0.0642 e. The number of halogens is 2. The topological polar surface area (TPSA) is 3.24 Å². The van der Waals surface area contributed by atoms with Gasteiger partial charge < -0.3 is 4.90 Å². The van der Waals surface area contributed by atoms with Crippen molar-refractivity contribution in [1.82, 2.24) is 0 Å². The number of alkyl halides is 1. The average molecular weight is 303 g/mol. The third-order valence-electron chi connectivity index (χ3n) is 3.44. The second-order valence-corrected chi connectivity index (χ2v) is 5.40. The van der Waals surface area contributed by atoms with E-state index >= 15 is 0 Å². The van der Waals surface area contributed by atoms with E-state index in [2.05, 4.69) is 33.9 Å². The molecular weight excluding hydrogens is 286 g/mol. The van der Waals surface area contributed by atoms with Crippen LogP contribution in [0.15, 0.2) is 18.2 Å². The van der Waals surface area contributed by atoms with E-state index in [1.807, 2.05) is 12.1 Å². The Labute approximate surface area is 111 Å². The summed E-state index contributed by atoms with van der Waals surface area (Å²) in [5, 5.41) is 1.73. The van der Waals surface area contributed by atoms with E-state index in [4.69, 9.17) is 11.6 Å². The zero-order valence-corrected chi connectivity index (χ0v) is 11.9. The fraction of sp³-hybridized carbons (Fsp3) is 0.538. The Morgan fingerprint density at radius 3 is 2.69 bits per heavy atom. The molecule has 1 fully saturated rings. The van der Waals surface area contributed by atoms with E-state index < -0.39 is 0 Å². The molecule has 16 heavy (non-hydrogen) atoms. The molecule has 0 heterocycles. The van der Waals surface area contributed by atoms with Crippen LogP contribution >= 0.6 is 27.5 Å². The van der Waals surface area contributed by atoms with E-state index in [1.165, 1.54) is 36.9 Å². The molecule has 0 saturated heterocycles. The van der Waals surface area contributed by atoms with Crippen LogP contribution in [0.1, 0.15) is 31.2 Å². The van der Waals surface area contributed by atoms with Crippen molar-refractivity contribution >= 4 is 33.2 Å². The van der Waals surface area contributed by atoms with Gasteiger partial charge in [-0.05, 0) is 24.5 Å². The minimum atomic E-state index is 0.665. The van der Waals surface area contributed by atoms with Gasteiger partial charge in [0.1, 0.15) is 0 Å². The molecule has 0 radical (unpaired) electrons. The summed E-state index contributed by atoms with van der Waals surface area (Å²) in [6.45, 7) is 0. The van der Waals surface area contributed by atoms with Gasteiger partial charge in [-0.25, -0.2) is 0 Å². The third-order valence-corrected chi connectivity index (χ3v) is 4.35. The largest absolute Gasteiger partial charge is 0.370 e. The Morgan fingerprint density at radius 1 is 1.38 bits per heavy atom. The second-order valence-electron chi connectivity index (χ2n) is 4.43. The number of para-hydroxylation sites is 1. The number of nitrogens with zero attached hydrogens (tertiary/aromatic N) is 1. The highest BCUT2D eigenvalue weighted by molar-refractivity contribution is 9.08. The standard InChI is InChI=1S/C13H17BrClN/c1-16(11-6-2-3-7-11)13-10(9-14)5-4-8-12(13)15/h4-5,8,11H,2-3,6-7,9H2,1H3. The molecule has 3 heteroatoms. The lowest BCUT2D eigenvalue weighted by molar-refractivity contribution is 0.652. The molecule has 0 aromatic heterocycles. The molecule has 0 spiro atoms. The van der Waals surface area contributed by atoms with Crippen molar-refractivity contribution in [2.45, 2.75) is 37.1 Å². The summed E-state index contributed by atoms with van der Waals surface area (Å²) in [4.78, 5) is 2.37. The van der Waals surface area contributed by atoms with E-state index in [-0.39, 0.29) is 0 Å². The van der Waals surface area contributed by atoms with Gasteiger partial charge in [-0.1, -0.05) is 52.5 Å². The summed E-state index contributed by atoms with van der Waals surface area (Å²) in [6.07, 6.45) is 5.29. The van der Waals surface area contributed by atoms with Crippen LogP contribution in [-0.4, -0.2) is 13.1 Å². The third kappa shape index (κ3) is 2.38. The SMILES string of the molecule is CN(c1c(Cl)cccc1CBr)C1CCCC1. The molecule has 1 nitrogen and oxygen atoms in total. The summed E-state index contributed by atoms with van der Waals surface area (Å²) in [5.74, 6) is 0. The smallest absolute Gasteiger partial charge is 0.0642 e. The monoisotopic (exact) mass is 301 g/mol. The van der Waals surface area contributed by atoms with Crippen molar-refractivity contribution in [3.63, 3.8) is 0 Å². The molecule has 1 aromatic rings. The van der Waals surface area contributed by atoms with E-state index in [0.717, 1.165) is 10.4 Å². The van der Waals surface area contributed by atoms with Gasteiger partial charge in [0.2, 0.25) is 0 Å². The van der Waals surface area contributed by atoms with E-state index in [0.29, 0.717) is 6.04 Å². The quantitative estimate of drug-likeness (QED) is 0.737. The number of rotatable bonds is 3. The first-order valence-corrected chi connectivity index (χ1v) is 7.30. The molecule has 0 N–H and O–H groups in total. The first-order valence-electron chi connectivity index (χ1n) is 5.80. The average Bonchev–Trinajstić information content (AvgIpc) is 2.81. The van der Waals surface area contributed by atoms with Crippen molar-refractivity contribution in [2.75, 3.05) is 11.9 Å². The minimum absolute atomic E-state index is 0.665. The molecule has 88 valence electrons. The molecule has 0 unspecified atom stereocenters. The number of benzene rings is 1. The van der Waals surface area contributed by atoms with Crippen LogP contribution in [0.5, 0.6) is 0 Å². The Kier molecular flexibility index (Phi) is 4.15. The van der Waals surface area contributed by atoms with Crippen LogP contribution in [-0.2, 0) is 5.33 Å². The Morgan fingerprint density at radius 2 is 2.06 bits per heavy atom. The molecule has 0 atom stereocenters. The maximum atomic E-state index is 6.32. The summed E-state index contributed by atoms with van der Waals surface area (Å²) in [7, 11) is 2.17. The molecular formula is C13H17BrClN. The number of hydrogen-bond acceptors (Lipinski definition) is 1. The molecule has 0 bridgehead atoms. The zero-order valence-electron chi connectivity index (χ0n) is 9.55. The predicted molar refractivity (Wildman–Crippen MR) is 74.7 cm³/mol. The van der Waals surface area contributed by atoms with Gasteiger partial charge in [0.05, 0.1) is 10.7 Å². The highest BCUT2D eigenvalue weighted by atomic mass is 79.9. The first kappa shape index (κ1) is 12.3. The molecule has 1 saturated carbocycles. The Bertz CT molecular complexity index is 361. The summed E-state index contributed by atoms with van der Waals surface area (Å²) in [6, 6.07) is 6.80. The molecule has 1 aliphatic rings. The van der Waals surface area contributed by atoms with Crippen molar-refractivity contribution < 1.29 is 0 Å². The second kappa shape index (κ2) is 5.42. The fourth-order valence-corrected chi connectivity index (χ4v) is 3.32. The highest BCUT2D eigenvalue weighted by Gasteiger charge is 2.22. The summed E-state index contributed by atoms with van der Waals surface area (Å²) in [5.41, 5.74) is 2.48. The van der Waals surface area contributed by atoms with Crippen molar-refractivity contribution in [3.8, 4) is 0 Å². The predicted octanol–water partition coefficient (Wildman–Crippen LogP) is 4.61. The molecule has 0 aliphatic heterocycles. The lowest BCUT2D eigenvalue weighted by Gasteiger charge is -2.29. The van der Waals surface area contributed by atoms with Crippen LogP contribution in [0, 0.1) is 0 Å². The van der Waals surface area contributed by atoms with Gasteiger partial charge in [0.25, 0.3) is 0 Å². The van der Waals surface area contributed by atoms with Crippen molar-refractivity contribution in [1.29, 1.82) is 0 Å². The number of hydrogen-bond donors (Lipinski definition) is 0. The summed E-state index contributed by atoms with van der Waals surface area (Å²) < 4.78 is 0. The molecule has 2 rings (SSSR count). The normalized spacial score (nSPS) is 16.7. The van der Waals surface area contributed by atoms with Gasteiger partial charge in [-0.15, -0.1) is 0 Å². The van der Waals surface area contributed by atoms with Crippen LogP contribution in [0.2, 0.25) is 5.02 Å². The van der Waals surface area contributed by atoms with Crippen molar-refractivity contribution in [2.24, 2.45) is 0 Å². The van der Waals surface area contributed by atoms with E-state index in [1.54, 1.807) is 0 Å². The van der Waals surface area contributed by atoms with Crippen LogP contribution in [0.3, 0.4) is 0 Å². The van der Waals surface area contributed by atoms with Crippen LogP contribution in [0.25, 0.3) is 0 Å². The van der Waals surface area contributed by atoms with Gasteiger partial charge in [-0.2, -0.15) is 0 Å². The van der Waals surface area contributed by atoms with Crippen LogP contribution < -0.4 is 4.90 Å². The fourth-order valence-electron chi connectivity index (χ4n) is 2.54. The molecule has 1 aliphatic carbocycles. The molecule has 0 amide bonds. The Hall–Kier alpha value is -0.210. The lowest BCUT2D eigenvalue weighted by Crippen LogP contribution is -2.29. The minimum Gasteiger partial charge on any atom is -0.370 e. The molecule has 1 aromatic carbocycles. The zero-order chi connectivity index (χ0) is 11.5. The van der Waals surface area contributed by atoms with Gasteiger partial charge in [-0.3, -0.25) is 0 Å². The Balaban J connectivity index is 2.30. The van der Waals surface area contributed by atoms with Gasteiger partial charge >= 0.3 is 0 Å². The van der Waals surface area contributed by atoms with Gasteiger partial charge in [0, 0.05) is 18.4 Å². The van der Waals surface area contributed by atoms with Crippen molar-refractivity contribution in [3.05, 3.63) is 28.8 Å². The highest BCUT2D eigenvalue weighted by Crippen LogP contribution is 2.35. The number of anilines is 1. The van der Waals surface area contributed by atoms with Crippen LogP contribution in [0.4, 0.5) is 5.69 Å². The maximum absolute atomic E-state index is 6.32. The lowest BCUT2D eigenvalue weighted by atomic mass is 10.1.